The predicted octanol–water partition coefficient (Wildman–Crippen LogP) is 2.92. The largest absolute Gasteiger partial charge is 0.355 e. The van der Waals surface area contributed by atoms with Crippen molar-refractivity contribution in [3.05, 3.63) is 65.7 Å². The fraction of sp³-hybridized carbons (Fsp3) is 0.364. The molecule has 2 N–H and O–H groups in total. The van der Waals surface area contributed by atoms with Gasteiger partial charge in [0.25, 0.3) is 0 Å². The van der Waals surface area contributed by atoms with Crippen LogP contribution in [0.4, 0.5) is 0 Å². The minimum atomic E-state index is 0.101. The summed E-state index contributed by atoms with van der Waals surface area (Å²) in [6.45, 7) is 4.66. The second kappa shape index (κ2) is 10.2. The SMILES string of the molecule is CN=C(NCC(=O)N1CCc2ccccc2C1)NCC(C)Sc1ccccc1. The lowest BCUT2D eigenvalue weighted by atomic mass is 10.00. The van der Waals surface area contributed by atoms with Crippen molar-refractivity contribution in [3.8, 4) is 0 Å². The molecule has 0 spiro atoms. The molecule has 5 nitrogen and oxygen atoms in total. The fourth-order valence-corrected chi connectivity index (χ4v) is 4.16. The summed E-state index contributed by atoms with van der Waals surface area (Å²) in [4.78, 5) is 20.0. The number of carbonyl (C=O) groups is 1. The quantitative estimate of drug-likeness (QED) is 0.448. The van der Waals surface area contributed by atoms with Crippen molar-refractivity contribution in [2.75, 3.05) is 26.7 Å². The number of carbonyl (C=O) groups excluding carboxylic acids is 1. The Bertz CT molecular complexity index is 809. The molecule has 0 aliphatic carbocycles. The molecule has 0 aromatic heterocycles. The normalized spacial score (nSPS) is 14.9. The highest BCUT2D eigenvalue weighted by atomic mass is 32.2. The van der Waals surface area contributed by atoms with Gasteiger partial charge in [0.15, 0.2) is 5.96 Å². The second-order valence-corrected chi connectivity index (χ2v) is 8.39. The van der Waals surface area contributed by atoms with Crippen LogP contribution < -0.4 is 10.6 Å². The minimum Gasteiger partial charge on any atom is -0.355 e. The Morgan fingerprint density at radius 3 is 2.57 bits per heavy atom. The van der Waals surface area contributed by atoms with Gasteiger partial charge >= 0.3 is 0 Å². The van der Waals surface area contributed by atoms with Crippen molar-refractivity contribution in [1.29, 1.82) is 0 Å². The van der Waals surface area contributed by atoms with E-state index in [1.807, 2.05) is 40.9 Å². The molecule has 0 bridgehead atoms. The molecule has 3 rings (SSSR count). The Balaban J connectivity index is 1.42. The number of guanidine groups is 1. The van der Waals surface area contributed by atoms with Crippen molar-refractivity contribution < 1.29 is 4.79 Å². The molecule has 0 fully saturated rings. The van der Waals surface area contributed by atoms with Gasteiger partial charge in [0.05, 0.1) is 6.54 Å². The van der Waals surface area contributed by atoms with E-state index in [-0.39, 0.29) is 12.5 Å². The lowest BCUT2D eigenvalue weighted by Gasteiger charge is -2.29. The number of nitrogens with one attached hydrogen (secondary N) is 2. The number of aliphatic imine (C=N–C) groups is 1. The zero-order valence-corrected chi connectivity index (χ0v) is 17.3. The van der Waals surface area contributed by atoms with Gasteiger partial charge in [-0.05, 0) is 29.7 Å². The minimum absolute atomic E-state index is 0.101. The average molecular weight is 397 g/mol. The highest BCUT2D eigenvalue weighted by Crippen LogP contribution is 2.22. The zero-order chi connectivity index (χ0) is 19.8. The number of hydrogen-bond donors (Lipinski definition) is 2. The summed E-state index contributed by atoms with van der Waals surface area (Å²) in [5.74, 6) is 0.760. The number of amides is 1. The van der Waals surface area contributed by atoms with Gasteiger partial charge in [-0.25, -0.2) is 0 Å². The maximum Gasteiger partial charge on any atom is 0.242 e. The lowest BCUT2D eigenvalue weighted by Crippen LogP contribution is -2.46. The van der Waals surface area contributed by atoms with Gasteiger partial charge in [0, 0.05) is 36.8 Å². The number of fused-ring (bicyclic) bond motifs is 1. The van der Waals surface area contributed by atoms with Gasteiger partial charge in [-0.2, -0.15) is 0 Å². The van der Waals surface area contributed by atoms with E-state index in [4.69, 9.17) is 0 Å². The summed E-state index contributed by atoms with van der Waals surface area (Å²) >= 11 is 1.82. The molecule has 6 heteroatoms. The molecule has 1 unspecified atom stereocenters. The molecule has 1 aliphatic rings. The maximum atomic E-state index is 12.6. The summed E-state index contributed by atoms with van der Waals surface area (Å²) in [6, 6.07) is 18.7. The number of nitrogens with zero attached hydrogens (tertiary/aromatic N) is 2. The molecule has 28 heavy (non-hydrogen) atoms. The van der Waals surface area contributed by atoms with E-state index in [1.54, 1.807) is 7.05 Å². The number of hydrogen-bond acceptors (Lipinski definition) is 3. The van der Waals surface area contributed by atoms with Crippen LogP contribution in [0.25, 0.3) is 0 Å². The van der Waals surface area contributed by atoms with Gasteiger partial charge < -0.3 is 15.5 Å². The summed E-state index contributed by atoms with van der Waals surface area (Å²) in [7, 11) is 1.73. The van der Waals surface area contributed by atoms with Crippen LogP contribution in [0.3, 0.4) is 0 Å². The molecule has 2 aromatic rings. The summed E-state index contributed by atoms with van der Waals surface area (Å²) in [6.07, 6.45) is 0.920. The van der Waals surface area contributed by atoms with Gasteiger partial charge in [0.2, 0.25) is 5.91 Å². The summed E-state index contributed by atoms with van der Waals surface area (Å²) < 4.78 is 0. The van der Waals surface area contributed by atoms with Gasteiger partial charge in [-0.3, -0.25) is 9.79 Å². The first-order valence-electron chi connectivity index (χ1n) is 9.66. The zero-order valence-electron chi connectivity index (χ0n) is 16.5. The third-order valence-electron chi connectivity index (χ3n) is 4.75. The van der Waals surface area contributed by atoms with Crippen molar-refractivity contribution in [2.24, 2.45) is 4.99 Å². The monoisotopic (exact) mass is 396 g/mol. The van der Waals surface area contributed by atoms with Crippen LogP contribution in [0.1, 0.15) is 18.1 Å². The van der Waals surface area contributed by atoms with E-state index in [2.05, 4.69) is 52.9 Å². The Morgan fingerprint density at radius 2 is 1.82 bits per heavy atom. The maximum absolute atomic E-state index is 12.6. The van der Waals surface area contributed by atoms with E-state index in [0.717, 1.165) is 19.5 Å². The van der Waals surface area contributed by atoms with Crippen LogP contribution >= 0.6 is 11.8 Å². The molecule has 0 saturated heterocycles. The van der Waals surface area contributed by atoms with E-state index in [1.165, 1.54) is 16.0 Å². The smallest absolute Gasteiger partial charge is 0.242 e. The van der Waals surface area contributed by atoms with E-state index >= 15 is 0 Å². The third-order valence-corrected chi connectivity index (χ3v) is 5.86. The highest BCUT2D eigenvalue weighted by molar-refractivity contribution is 8.00. The van der Waals surface area contributed by atoms with Crippen LogP contribution in [0, 0.1) is 0 Å². The molecule has 0 radical (unpaired) electrons. The standard InChI is InChI=1S/C22H28N4OS/c1-17(28-20-10-4-3-5-11-20)14-24-22(23-2)25-15-21(27)26-13-12-18-8-6-7-9-19(18)16-26/h3-11,17H,12-16H2,1-2H3,(H2,23,24,25). The Hall–Kier alpha value is -2.47. The molecular weight excluding hydrogens is 368 g/mol. The van der Waals surface area contributed by atoms with E-state index < -0.39 is 0 Å². The van der Waals surface area contributed by atoms with Gasteiger partial charge in [-0.15, -0.1) is 11.8 Å². The molecule has 1 aliphatic heterocycles. The number of rotatable bonds is 6. The first kappa shape index (κ1) is 20.3. The predicted molar refractivity (Wildman–Crippen MR) is 117 cm³/mol. The van der Waals surface area contributed by atoms with Gasteiger partial charge in [0.1, 0.15) is 0 Å². The first-order valence-corrected chi connectivity index (χ1v) is 10.5. The fourth-order valence-electron chi connectivity index (χ4n) is 3.21. The Kier molecular flexibility index (Phi) is 7.37. The topological polar surface area (TPSA) is 56.7 Å². The number of thioether (sulfide) groups is 1. The number of benzene rings is 2. The second-order valence-electron chi connectivity index (χ2n) is 6.88. The van der Waals surface area contributed by atoms with Crippen molar-refractivity contribution in [2.45, 2.75) is 30.0 Å². The first-order chi connectivity index (χ1) is 13.7. The molecule has 148 valence electrons. The molecule has 2 aromatic carbocycles. The molecule has 0 saturated carbocycles. The van der Waals surface area contributed by atoms with Crippen LogP contribution in [-0.2, 0) is 17.8 Å². The van der Waals surface area contributed by atoms with E-state index in [0.29, 0.717) is 17.8 Å². The lowest BCUT2D eigenvalue weighted by molar-refractivity contribution is -0.130. The molecular formula is C22H28N4OS. The van der Waals surface area contributed by atoms with Crippen molar-refractivity contribution in [3.63, 3.8) is 0 Å². The van der Waals surface area contributed by atoms with Crippen LogP contribution in [0.5, 0.6) is 0 Å². The Labute approximate surface area is 171 Å². The highest BCUT2D eigenvalue weighted by Gasteiger charge is 2.20. The molecule has 1 heterocycles. The third kappa shape index (κ3) is 5.76. The average Bonchev–Trinajstić information content (AvgIpc) is 2.74. The molecule has 1 amide bonds. The Morgan fingerprint density at radius 1 is 1.11 bits per heavy atom. The van der Waals surface area contributed by atoms with Crippen LogP contribution in [0.2, 0.25) is 0 Å². The summed E-state index contributed by atoms with van der Waals surface area (Å²) in [5.41, 5.74) is 2.60. The van der Waals surface area contributed by atoms with Crippen molar-refractivity contribution >= 4 is 23.6 Å². The van der Waals surface area contributed by atoms with E-state index in [9.17, 15) is 4.79 Å². The van der Waals surface area contributed by atoms with Crippen LogP contribution in [-0.4, -0.2) is 48.7 Å². The summed E-state index contributed by atoms with van der Waals surface area (Å²) in [5, 5.41) is 6.84. The van der Waals surface area contributed by atoms with Gasteiger partial charge in [-0.1, -0.05) is 49.4 Å². The van der Waals surface area contributed by atoms with Crippen LogP contribution in [0.15, 0.2) is 64.5 Å². The molecule has 1 atom stereocenters. The van der Waals surface area contributed by atoms with Crippen molar-refractivity contribution in [1.82, 2.24) is 15.5 Å².